The predicted molar refractivity (Wildman–Crippen MR) is 101 cm³/mol. The van der Waals surface area contributed by atoms with Crippen molar-refractivity contribution in [3.05, 3.63) is 45.1 Å². The number of carbonyl (C=O) groups excluding carboxylic acids is 1. The van der Waals surface area contributed by atoms with Gasteiger partial charge in [-0.2, -0.15) is 0 Å². The number of thiophene rings is 1. The Morgan fingerprint density at radius 3 is 2.62 bits per heavy atom. The maximum atomic E-state index is 12.2. The first kappa shape index (κ1) is 19.0. The lowest BCUT2D eigenvalue weighted by Crippen LogP contribution is -2.30. The third kappa shape index (κ3) is 5.33. The summed E-state index contributed by atoms with van der Waals surface area (Å²) in [5.41, 5.74) is 0.961. The van der Waals surface area contributed by atoms with E-state index in [1.807, 2.05) is 37.3 Å². The molecule has 1 N–H and O–H groups in total. The van der Waals surface area contributed by atoms with Gasteiger partial charge in [-0.25, -0.2) is 0 Å². The van der Waals surface area contributed by atoms with Gasteiger partial charge in [0.15, 0.2) is 11.5 Å². The number of thioether (sulfide) groups is 1. The highest BCUT2D eigenvalue weighted by atomic mass is 35.5. The molecule has 7 heteroatoms. The number of hydrogen-bond acceptors (Lipinski definition) is 5. The van der Waals surface area contributed by atoms with Gasteiger partial charge >= 0.3 is 0 Å². The molecular formula is C17H20ClNO3S2. The Morgan fingerprint density at radius 1 is 1.25 bits per heavy atom. The highest BCUT2D eigenvalue weighted by Crippen LogP contribution is 2.28. The number of nitrogens with one attached hydrogen (secondary N) is 1. The summed E-state index contributed by atoms with van der Waals surface area (Å²) in [6.45, 7) is 2.36. The molecule has 2 rings (SSSR count). The van der Waals surface area contributed by atoms with Gasteiger partial charge in [-0.05, 0) is 36.8 Å². The zero-order valence-electron chi connectivity index (χ0n) is 13.8. The molecule has 1 heterocycles. The standard InChI is InChI=1S/C17H20ClNO3S2/c1-11(23-10-13-5-7-16(18)24-13)17(20)19-9-12-4-6-14(21-2)15(8-12)22-3/h4-8,11H,9-10H2,1-3H3,(H,19,20). The van der Waals surface area contributed by atoms with E-state index in [9.17, 15) is 4.79 Å². The van der Waals surface area contributed by atoms with Crippen LogP contribution in [0.2, 0.25) is 4.34 Å². The van der Waals surface area contributed by atoms with E-state index in [0.717, 1.165) is 15.7 Å². The molecule has 0 fully saturated rings. The molecule has 1 amide bonds. The van der Waals surface area contributed by atoms with Crippen molar-refractivity contribution in [1.29, 1.82) is 0 Å². The Labute approximate surface area is 155 Å². The fraction of sp³-hybridized carbons (Fsp3) is 0.353. The van der Waals surface area contributed by atoms with Crippen LogP contribution in [0.1, 0.15) is 17.4 Å². The number of methoxy groups -OCH3 is 2. The van der Waals surface area contributed by atoms with Gasteiger partial charge in [0.2, 0.25) is 5.91 Å². The molecule has 0 saturated carbocycles. The molecule has 0 bridgehead atoms. The molecule has 0 aliphatic carbocycles. The van der Waals surface area contributed by atoms with Crippen molar-refractivity contribution in [2.24, 2.45) is 0 Å². The Kier molecular flexibility index (Phi) is 7.27. The van der Waals surface area contributed by atoms with Gasteiger partial charge in [-0.3, -0.25) is 4.79 Å². The van der Waals surface area contributed by atoms with Crippen molar-refractivity contribution in [2.75, 3.05) is 14.2 Å². The summed E-state index contributed by atoms with van der Waals surface area (Å²) in [5.74, 6) is 2.12. The van der Waals surface area contributed by atoms with E-state index in [4.69, 9.17) is 21.1 Å². The first-order valence-corrected chi connectivity index (χ1v) is 9.62. The van der Waals surface area contributed by atoms with Crippen LogP contribution in [0.4, 0.5) is 0 Å². The van der Waals surface area contributed by atoms with Gasteiger partial charge in [-0.15, -0.1) is 23.1 Å². The van der Waals surface area contributed by atoms with Crippen LogP contribution in [0.3, 0.4) is 0 Å². The topological polar surface area (TPSA) is 47.6 Å². The van der Waals surface area contributed by atoms with Gasteiger partial charge in [0.1, 0.15) is 0 Å². The second kappa shape index (κ2) is 9.20. The average molecular weight is 386 g/mol. The first-order valence-electron chi connectivity index (χ1n) is 7.38. The Morgan fingerprint density at radius 2 is 2.00 bits per heavy atom. The van der Waals surface area contributed by atoms with Gasteiger partial charge in [-0.1, -0.05) is 17.7 Å². The average Bonchev–Trinajstić information content (AvgIpc) is 3.02. The molecule has 1 atom stereocenters. The SMILES string of the molecule is COc1ccc(CNC(=O)C(C)SCc2ccc(Cl)s2)cc1OC. The fourth-order valence-electron chi connectivity index (χ4n) is 2.04. The number of hydrogen-bond donors (Lipinski definition) is 1. The van der Waals surface area contributed by atoms with Crippen molar-refractivity contribution in [1.82, 2.24) is 5.32 Å². The highest BCUT2D eigenvalue weighted by Gasteiger charge is 2.14. The van der Waals surface area contributed by atoms with E-state index in [2.05, 4.69) is 5.32 Å². The lowest BCUT2D eigenvalue weighted by atomic mass is 10.2. The summed E-state index contributed by atoms with van der Waals surface area (Å²) >= 11 is 9.05. The summed E-state index contributed by atoms with van der Waals surface area (Å²) < 4.78 is 11.3. The Balaban J connectivity index is 1.83. The Bertz CT molecular complexity index is 690. The largest absolute Gasteiger partial charge is 0.493 e. The van der Waals surface area contributed by atoms with Crippen molar-refractivity contribution < 1.29 is 14.3 Å². The molecule has 0 saturated heterocycles. The predicted octanol–water partition coefficient (Wildman–Crippen LogP) is 4.36. The van der Waals surface area contributed by atoms with Crippen LogP contribution >= 0.6 is 34.7 Å². The normalized spacial score (nSPS) is 11.8. The van der Waals surface area contributed by atoms with Crippen molar-refractivity contribution in [3.63, 3.8) is 0 Å². The molecule has 1 aromatic heterocycles. The number of halogens is 1. The minimum absolute atomic E-state index is 0.0115. The lowest BCUT2D eigenvalue weighted by Gasteiger charge is -2.13. The minimum atomic E-state index is -0.133. The highest BCUT2D eigenvalue weighted by molar-refractivity contribution is 7.99. The Hall–Kier alpha value is -1.37. The zero-order chi connectivity index (χ0) is 17.5. The molecule has 0 aliphatic heterocycles. The van der Waals surface area contributed by atoms with E-state index < -0.39 is 0 Å². The minimum Gasteiger partial charge on any atom is -0.493 e. The number of amides is 1. The second-order valence-corrected chi connectivity index (χ2v) is 8.19. The zero-order valence-corrected chi connectivity index (χ0v) is 16.2. The summed E-state index contributed by atoms with van der Waals surface area (Å²) in [5, 5.41) is 2.82. The van der Waals surface area contributed by atoms with E-state index in [1.165, 1.54) is 4.88 Å². The summed E-state index contributed by atoms with van der Waals surface area (Å²) in [6, 6.07) is 9.48. The van der Waals surface area contributed by atoms with Crippen LogP contribution in [0.25, 0.3) is 0 Å². The van der Waals surface area contributed by atoms with E-state index in [-0.39, 0.29) is 11.2 Å². The third-order valence-electron chi connectivity index (χ3n) is 3.39. The van der Waals surface area contributed by atoms with Crippen molar-refractivity contribution >= 4 is 40.6 Å². The fourth-order valence-corrected chi connectivity index (χ4v) is 4.10. The smallest absolute Gasteiger partial charge is 0.233 e. The van der Waals surface area contributed by atoms with Crippen molar-refractivity contribution in [2.45, 2.75) is 24.5 Å². The van der Waals surface area contributed by atoms with Crippen LogP contribution < -0.4 is 14.8 Å². The molecule has 0 radical (unpaired) electrons. The van der Waals surface area contributed by atoms with Gasteiger partial charge in [0.05, 0.1) is 23.8 Å². The van der Waals surface area contributed by atoms with Crippen LogP contribution in [-0.4, -0.2) is 25.4 Å². The molecule has 1 aromatic carbocycles. The quantitative estimate of drug-likeness (QED) is 0.733. The maximum absolute atomic E-state index is 12.2. The molecule has 2 aromatic rings. The molecule has 130 valence electrons. The second-order valence-electron chi connectivity index (χ2n) is 5.07. The molecule has 24 heavy (non-hydrogen) atoms. The van der Waals surface area contributed by atoms with E-state index >= 15 is 0 Å². The summed E-state index contributed by atoms with van der Waals surface area (Å²) in [7, 11) is 3.19. The van der Waals surface area contributed by atoms with Gasteiger partial charge < -0.3 is 14.8 Å². The molecular weight excluding hydrogens is 366 g/mol. The van der Waals surface area contributed by atoms with Crippen LogP contribution in [0.15, 0.2) is 30.3 Å². The summed E-state index contributed by atoms with van der Waals surface area (Å²) in [6.07, 6.45) is 0. The van der Waals surface area contributed by atoms with Crippen LogP contribution in [0.5, 0.6) is 11.5 Å². The molecule has 4 nitrogen and oxygen atoms in total. The monoisotopic (exact) mass is 385 g/mol. The number of ether oxygens (including phenoxy) is 2. The lowest BCUT2D eigenvalue weighted by molar-refractivity contribution is -0.120. The molecule has 0 aliphatic rings. The summed E-state index contributed by atoms with van der Waals surface area (Å²) in [4.78, 5) is 13.4. The van der Waals surface area contributed by atoms with Crippen LogP contribution in [0, 0.1) is 0 Å². The van der Waals surface area contributed by atoms with Crippen molar-refractivity contribution in [3.8, 4) is 11.5 Å². The van der Waals surface area contributed by atoms with Gasteiger partial charge in [0, 0.05) is 17.2 Å². The number of carbonyl (C=O) groups is 1. The maximum Gasteiger partial charge on any atom is 0.233 e. The van der Waals surface area contributed by atoms with Crippen LogP contribution in [-0.2, 0) is 17.1 Å². The third-order valence-corrected chi connectivity index (χ3v) is 5.99. The first-order chi connectivity index (χ1) is 11.5. The molecule has 0 spiro atoms. The molecule has 1 unspecified atom stereocenters. The van der Waals surface area contributed by atoms with E-state index in [0.29, 0.717) is 18.0 Å². The van der Waals surface area contributed by atoms with Gasteiger partial charge in [0.25, 0.3) is 0 Å². The number of benzene rings is 1. The number of rotatable bonds is 8. The van der Waals surface area contributed by atoms with E-state index in [1.54, 1.807) is 37.3 Å².